The van der Waals surface area contributed by atoms with Crippen molar-refractivity contribution in [3.63, 3.8) is 0 Å². The number of nitrogens with one attached hydrogen (secondary N) is 2. The Kier molecular flexibility index (Phi) is 6.53. The first kappa shape index (κ1) is 20.1. The van der Waals surface area contributed by atoms with E-state index in [9.17, 15) is 18.0 Å². The van der Waals surface area contributed by atoms with Gasteiger partial charge in [0.25, 0.3) is 0 Å². The molecule has 0 unspecified atom stereocenters. The molecule has 0 saturated heterocycles. The van der Waals surface area contributed by atoms with Crippen LogP contribution in [0.5, 0.6) is 0 Å². The number of halogens is 4. The zero-order valence-electron chi connectivity index (χ0n) is 14.5. The summed E-state index contributed by atoms with van der Waals surface area (Å²) in [6.45, 7) is 3.89. The van der Waals surface area contributed by atoms with E-state index in [1.165, 1.54) is 5.56 Å². The molecule has 1 atom stereocenters. The van der Waals surface area contributed by atoms with Gasteiger partial charge in [-0.3, -0.25) is 0 Å². The van der Waals surface area contributed by atoms with Crippen molar-refractivity contribution in [2.45, 2.75) is 38.9 Å². The SMILES string of the molecule is CCCc1ccc([C@@H](C)NC(=O)Nc2cc(C(F)(F)F)ccc2Cl)cc1. The molecule has 7 heteroatoms. The van der Waals surface area contributed by atoms with Gasteiger partial charge in [-0.25, -0.2) is 4.79 Å². The summed E-state index contributed by atoms with van der Waals surface area (Å²) >= 11 is 5.88. The van der Waals surface area contributed by atoms with Crippen LogP contribution in [0.2, 0.25) is 5.02 Å². The van der Waals surface area contributed by atoms with E-state index in [0.29, 0.717) is 0 Å². The summed E-state index contributed by atoms with van der Waals surface area (Å²) in [6, 6.07) is 9.69. The van der Waals surface area contributed by atoms with Crippen LogP contribution in [-0.4, -0.2) is 6.03 Å². The summed E-state index contributed by atoms with van der Waals surface area (Å²) in [4.78, 5) is 12.1. The van der Waals surface area contributed by atoms with Crippen LogP contribution in [0.3, 0.4) is 0 Å². The third-order valence-corrected chi connectivity index (χ3v) is 4.24. The molecule has 0 aromatic heterocycles. The molecule has 2 rings (SSSR count). The number of anilines is 1. The Labute approximate surface area is 155 Å². The molecular formula is C19H20ClF3N2O. The number of carbonyl (C=O) groups excluding carboxylic acids is 1. The van der Waals surface area contributed by atoms with Crippen molar-refractivity contribution in [1.29, 1.82) is 0 Å². The van der Waals surface area contributed by atoms with Gasteiger partial charge in [0.05, 0.1) is 22.3 Å². The van der Waals surface area contributed by atoms with Gasteiger partial charge in [-0.2, -0.15) is 13.2 Å². The van der Waals surface area contributed by atoms with Crippen molar-refractivity contribution in [3.05, 3.63) is 64.2 Å². The predicted molar refractivity (Wildman–Crippen MR) is 97.5 cm³/mol. The molecule has 0 bridgehead atoms. The van der Waals surface area contributed by atoms with Crippen LogP contribution in [0.4, 0.5) is 23.7 Å². The van der Waals surface area contributed by atoms with E-state index in [1.54, 1.807) is 6.92 Å². The van der Waals surface area contributed by atoms with E-state index in [4.69, 9.17) is 11.6 Å². The first-order chi connectivity index (χ1) is 12.2. The van der Waals surface area contributed by atoms with Gasteiger partial charge in [0, 0.05) is 0 Å². The third-order valence-electron chi connectivity index (χ3n) is 3.91. The second-order valence-corrected chi connectivity index (χ2v) is 6.41. The van der Waals surface area contributed by atoms with Gasteiger partial charge < -0.3 is 10.6 Å². The molecule has 0 aliphatic carbocycles. The summed E-state index contributed by atoms with van der Waals surface area (Å²) in [6.07, 6.45) is -2.48. The van der Waals surface area contributed by atoms with E-state index < -0.39 is 17.8 Å². The Morgan fingerprint density at radius 3 is 2.38 bits per heavy atom. The van der Waals surface area contributed by atoms with Gasteiger partial charge in [0.1, 0.15) is 0 Å². The van der Waals surface area contributed by atoms with Crippen LogP contribution in [0.25, 0.3) is 0 Å². The Morgan fingerprint density at radius 2 is 1.81 bits per heavy atom. The highest BCUT2D eigenvalue weighted by molar-refractivity contribution is 6.33. The van der Waals surface area contributed by atoms with E-state index in [2.05, 4.69) is 17.6 Å². The first-order valence-electron chi connectivity index (χ1n) is 8.23. The number of amides is 2. The fraction of sp³-hybridized carbons (Fsp3) is 0.316. The lowest BCUT2D eigenvalue weighted by molar-refractivity contribution is -0.137. The summed E-state index contributed by atoms with van der Waals surface area (Å²) in [5, 5.41) is 5.10. The van der Waals surface area contributed by atoms with Crippen LogP contribution < -0.4 is 10.6 Å². The van der Waals surface area contributed by atoms with Crippen LogP contribution >= 0.6 is 11.6 Å². The molecule has 0 radical (unpaired) electrons. The van der Waals surface area contributed by atoms with Crippen molar-refractivity contribution < 1.29 is 18.0 Å². The number of carbonyl (C=O) groups is 1. The van der Waals surface area contributed by atoms with E-state index in [-0.39, 0.29) is 16.8 Å². The van der Waals surface area contributed by atoms with Crippen molar-refractivity contribution >= 4 is 23.3 Å². The Balaban J connectivity index is 2.04. The highest BCUT2D eigenvalue weighted by atomic mass is 35.5. The van der Waals surface area contributed by atoms with E-state index in [0.717, 1.165) is 36.6 Å². The maximum absolute atomic E-state index is 12.8. The third kappa shape index (κ3) is 5.39. The van der Waals surface area contributed by atoms with E-state index >= 15 is 0 Å². The van der Waals surface area contributed by atoms with Gasteiger partial charge in [-0.05, 0) is 42.7 Å². The monoisotopic (exact) mass is 384 g/mol. The molecule has 0 heterocycles. The van der Waals surface area contributed by atoms with Crippen LogP contribution in [0.15, 0.2) is 42.5 Å². The lowest BCUT2D eigenvalue weighted by atomic mass is 10.0. The van der Waals surface area contributed by atoms with Gasteiger partial charge in [0.15, 0.2) is 0 Å². The number of hydrogen-bond donors (Lipinski definition) is 2. The van der Waals surface area contributed by atoms with Crippen LogP contribution in [0.1, 0.15) is 43.0 Å². The predicted octanol–water partition coefficient (Wildman–Crippen LogP) is 6.19. The number of hydrogen-bond acceptors (Lipinski definition) is 1. The molecule has 0 aliphatic rings. The Hall–Kier alpha value is -2.21. The number of aryl methyl sites for hydroxylation is 1. The minimum absolute atomic E-state index is 0.0321. The second-order valence-electron chi connectivity index (χ2n) is 6.00. The number of rotatable bonds is 5. The fourth-order valence-corrected chi connectivity index (χ4v) is 2.66. The molecule has 26 heavy (non-hydrogen) atoms. The van der Waals surface area contributed by atoms with E-state index in [1.807, 2.05) is 24.3 Å². The summed E-state index contributed by atoms with van der Waals surface area (Å²) < 4.78 is 38.4. The minimum atomic E-state index is -4.51. The lowest BCUT2D eigenvalue weighted by Crippen LogP contribution is -2.31. The first-order valence-corrected chi connectivity index (χ1v) is 8.61. The van der Waals surface area contributed by atoms with Gasteiger partial charge in [0.2, 0.25) is 0 Å². The molecule has 2 aromatic rings. The number of benzene rings is 2. The summed E-state index contributed by atoms with van der Waals surface area (Å²) in [5.74, 6) is 0. The van der Waals surface area contributed by atoms with Crippen molar-refractivity contribution in [1.82, 2.24) is 5.32 Å². The molecule has 0 saturated carbocycles. The number of urea groups is 1. The van der Waals surface area contributed by atoms with Gasteiger partial charge in [-0.1, -0.05) is 49.2 Å². The zero-order valence-corrected chi connectivity index (χ0v) is 15.2. The molecule has 0 fully saturated rings. The molecule has 2 aromatic carbocycles. The highest BCUT2D eigenvalue weighted by Gasteiger charge is 2.31. The molecule has 2 N–H and O–H groups in total. The second kappa shape index (κ2) is 8.45. The Morgan fingerprint density at radius 1 is 1.15 bits per heavy atom. The largest absolute Gasteiger partial charge is 0.416 e. The quantitative estimate of drug-likeness (QED) is 0.633. The smallest absolute Gasteiger partial charge is 0.331 e. The Bertz CT molecular complexity index is 760. The van der Waals surface area contributed by atoms with Crippen molar-refractivity contribution in [2.75, 3.05) is 5.32 Å². The topological polar surface area (TPSA) is 41.1 Å². The molecule has 0 aliphatic heterocycles. The summed E-state index contributed by atoms with van der Waals surface area (Å²) in [7, 11) is 0. The molecule has 3 nitrogen and oxygen atoms in total. The maximum atomic E-state index is 12.8. The highest BCUT2D eigenvalue weighted by Crippen LogP contribution is 2.33. The fourth-order valence-electron chi connectivity index (χ4n) is 2.50. The lowest BCUT2D eigenvalue weighted by Gasteiger charge is -2.17. The zero-order chi connectivity index (χ0) is 19.3. The average molecular weight is 385 g/mol. The van der Waals surface area contributed by atoms with Gasteiger partial charge >= 0.3 is 12.2 Å². The molecule has 0 spiro atoms. The standard InChI is InChI=1S/C19H20ClF3N2O/c1-3-4-13-5-7-14(8-6-13)12(2)24-18(26)25-17-11-15(19(21,22)23)9-10-16(17)20/h5-12H,3-4H2,1-2H3,(H2,24,25,26)/t12-/m1/s1. The normalized spacial score (nSPS) is 12.5. The van der Waals surface area contributed by atoms with Crippen LogP contribution in [-0.2, 0) is 12.6 Å². The van der Waals surface area contributed by atoms with Crippen molar-refractivity contribution in [3.8, 4) is 0 Å². The number of alkyl halides is 3. The molecule has 2 amide bonds. The molecule has 140 valence electrons. The molecular weight excluding hydrogens is 365 g/mol. The average Bonchev–Trinajstić information content (AvgIpc) is 2.56. The van der Waals surface area contributed by atoms with Gasteiger partial charge in [-0.15, -0.1) is 0 Å². The maximum Gasteiger partial charge on any atom is 0.416 e. The minimum Gasteiger partial charge on any atom is -0.331 e. The summed E-state index contributed by atoms with van der Waals surface area (Å²) in [5.41, 5.74) is 1.14. The van der Waals surface area contributed by atoms with Crippen LogP contribution in [0, 0.1) is 0 Å². The van der Waals surface area contributed by atoms with Crippen molar-refractivity contribution in [2.24, 2.45) is 0 Å².